The molecule has 7 N–H and O–H groups in total. The Hall–Kier alpha value is -14.4. The molecule has 0 saturated carbocycles. The minimum Gasteiger partial charge on any atom is -0.459 e. The Labute approximate surface area is 784 Å². The molecule has 680 valence electrons. The second-order valence-electron chi connectivity index (χ2n) is 26.7. The Morgan fingerprint density at radius 1 is 0.371 bits per heavy atom. The van der Waals surface area contributed by atoms with Crippen LogP contribution in [0.15, 0.2) is 144 Å². The van der Waals surface area contributed by atoms with E-state index in [1.54, 1.807) is 105 Å². The summed E-state index contributed by atoms with van der Waals surface area (Å²) in [6.07, 6.45) is 0.721. The van der Waals surface area contributed by atoms with E-state index >= 15 is 0 Å². The lowest BCUT2D eigenvalue weighted by Crippen LogP contribution is -2.12. The fourth-order valence-electron chi connectivity index (χ4n) is 12.5. The molecule has 0 saturated heterocycles. The van der Waals surface area contributed by atoms with Crippen molar-refractivity contribution in [3.05, 3.63) is 277 Å². The molecule has 0 aromatic carbocycles. The van der Waals surface area contributed by atoms with E-state index in [1.165, 1.54) is 112 Å². The third-order valence-electron chi connectivity index (χ3n) is 18.6. The van der Waals surface area contributed by atoms with Gasteiger partial charge in [0.1, 0.15) is 117 Å². The number of anilines is 5. The Balaban J connectivity index is 0.000000190. The zero-order valence-electron chi connectivity index (χ0n) is 72.0. The molecule has 0 fully saturated rings. The van der Waals surface area contributed by atoms with Crippen molar-refractivity contribution in [1.29, 1.82) is 36.8 Å². The summed E-state index contributed by atoms with van der Waals surface area (Å²) >= 11 is 8.93. The van der Waals surface area contributed by atoms with E-state index in [0.29, 0.717) is 105 Å². The van der Waals surface area contributed by atoms with Crippen LogP contribution in [0.4, 0.5) is 52.2 Å². The molecule has 0 radical (unpaired) electrons. The average molecular weight is 1950 g/mol. The normalized spacial score (nSPS) is 10.4. The van der Waals surface area contributed by atoms with E-state index in [2.05, 4.69) is 54.8 Å². The van der Waals surface area contributed by atoms with Crippen LogP contribution in [0.1, 0.15) is 233 Å². The van der Waals surface area contributed by atoms with Gasteiger partial charge >= 0.3 is 30.2 Å². The molecule has 27 nitrogen and oxygen atoms in total. The molecule has 0 bridgehead atoms. The first-order chi connectivity index (χ1) is 63.1. The Kier molecular flexibility index (Phi) is 37.7. The van der Waals surface area contributed by atoms with Crippen LogP contribution in [-0.4, -0.2) is 51.4 Å². The summed E-state index contributed by atoms with van der Waals surface area (Å²) in [4.78, 5) is 91.5. The highest BCUT2D eigenvalue weighted by molar-refractivity contribution is 7.18. The van der Waals surface area contributed by atoms with Gasteiger partial charge < -0.3 is 58.4 Å². The summed E-state index contributed by atoms with van der Waals surface area (Å²) < 4.78 is 109. The van der Waals surface area contributed by atoms with E-state index < -0.39 is 51.8 Å². The number of halogens is 6. The maximum Gasteiger partial charge on any atom is 0.425 e. The maximum atomic E-state index is 13.0. The summed E-state index contributed by atoms with van der Waals surface area (Å²) in [6.45, 7) is 22.3. The Morgan fingerprint density at radius 3 is 1.10 bits per heavy atom. The number of ether oxygens (including phenoxy) is 2. The Bertz CT molecular complexity index is 5910. The van der Waals surface area contributed by atoms with Crippen molar-refractivity contribution in [2.45, 2.75) is 140 Å². The average Bonchev–Trinajstić information content (AvgIpc) is 1.64. The first-order valence-corrected chi connectivity index (χ1v) is 46.2. The van der Waals surface area contributed by atoms with E-state index in [4.69, 9.17) is 53.5 Å². The number of carbonyl (C=O) groups excluding carboxylic acids is 7. The number of furan rings is 4. The van der Waals surface area contributed by atoms with Gasteiger partial charge in [-0.1, -0.05) is 66.7 Å². The van der Waals surface area contributed by atoms with Crippen LogP contribution < -0.4 is 36.1 Å². The van der Waals surface area contributed by atoms with E-state index in [0.717, 1.165) is 61.7 Å². The van der Waals surface area contributed by atoms with Gasteiger partial charge in [0.05, 0.1) is 44.5 Å². The second-order valence-corrected chi connectivity index (χ2v) is 35.2. The van der Waals surface area contributed by atoms with Gasteiger partial charge in [0.15, 0.2) is 5.76 Å². The standard InChI is InChI=1S/C13H10F3N3OS.C13H9F3N2OS2.C13H13N3OS.C13H12N2O3.C13H12N2OS2.C13H11NO4.C13H11NO2S2/c1-2-7-8(6-17)12(21-10(7)13(14,15)16)19-11(20)9-4-3-5-18-9;1-2-7-8(6-17)12(21-10(7)13(14,15)16)18-11(19)9-4-3-5-20-9;1-3-9-8(2)18-13(10(9)7-14)16-12(17)11-5-4-6-15-11;2*1-3-9-8(2)18-13(10(9)7-14)15-12(16)11-5-4-6-17-11;1-3-9-8(2)17-13(10(9)7-14)18-12(15)11-5-4-6-16-11;1-3-9-8(2)18-13(10(9)7-14)16-12(15)11-5-4-6-17-11/h3-5,18H,2H2,1H3,(H,19,20);3-5H,2H2,1H3,(H,18,19);4-6,15H,3H2,1-2H3,(H,16,17);2*4-6H,3H2,1-2H3,(H,15,16);2*4-6H,3H2,1-2H3. The smallest absolute Gasteiger partial charge is 0.425 e. The van der Waals surface area contributed by atoms with Crippen molar-refractivity contribution in [2.24, 2.45) is 0 Å². The number of carbonyl (C=O) groups is 7. The van der Waals surface area contributed by atoms with Crippen LogP contribution in [0.3, 0.4) is 0 Å². The van der Waals surface area contributed by atoms with Crippen molar-refractivity contribution in [3.8, 4) is 53.5 Å². The lowest BCUT2D eigenvalue weighted by Gasteiger charge is -2.05. The first-order valence-electron chi connectivity index (χ1n) is 39.4. The van der Waals surface area contributed by atoms with Crippen LogP contribution in [0.5, 0.6) is 11.0 Å². The van der Waals surface area contributed by atoms with Gasteiger partial charge in [0.25, 0.3) is 29.5 Å². The highest BCUT2D eigenvalue weighted by Gasteiger charge is 2.40. The fourth-order valence-corrected chi connectivity index (χ4v) is 19.8. The molecule has 0 spiro atoms. The van der Waals surface area contributed by atoms with E-state index in [1.807, 2.05) is 84.4 Å². The predicted molar refractivity (Wildman–Crippen MR) is 493 cm³/mol. The monoisotopic (exact) mass is 1940 g/mol. The number of aryl methyl sites for hydroxylation is 5. The highest BCUT2D eigenvalue weighted by atomic mass is 32.1. The molecule has 41 heteroatoms. The number of thiophene rings is 8. The summed E-state index contributed by atoms with van der Waals surface area (Å²) in [5, 5.41) is 83.7. The number of aromatic nitrogens is 2. The topological polar surface area (TPSA) is 449 Å². The van der Waals surface area contributed by atoms with Gasteiger partial charge in [-0.2, -0.15) is 63.2 Å². The number of nitriles is 7. The largest absolute Gasteiger partial charge is 0.459 e. The number of nitrogens with zero attached hydrogens (tertiary/aromatic N) is 7. The Morgan fingerprint density at radius 2 is 0.735 bits per heavy atom. The third-order valence-corrected chi connectivity index (χ3v) is 26.8. The molecule has 0 aliphatic rings. The zero-order chi connectivity index (χ0) is 96.8. The van der Waals surface area contributed by atoms with Gasteiger partial charge in [-0.05, 0) is 190 Å². The number of esters is 2. The molecule has 14 rings (SSSR count). The maximum absolute atomic E-state index is 13.0. The molecule has 132 heavy (non-hydrogen) atoms. The molecule has 14 heterocycles. The number of hydrogen-bond acceptors (Lipinski definition) is 28. The fraction of sp³-hybridized carbons (Fsp3) is 0.231. The first kappa shape index (κ1) is 103. The molecule has 0 aliphatic carbocycles. The molecule has 0 unspecified atom stereocenters. The molecular weight excluding hydrogens is 1870 g/mol. The number of alkyl halides is 6. The van der Waals surface area contributed by atoms with Crippen molar-refractivity contribution in [2.75, 3.05) is 26.6 Å². The van der Waals surface area contributed by atoms with Crippen LogP contribution in [-0.2, 0) is 57.3 Å². The van der Waals surface area contributed by atoms with E-state index in [-0.39, 0.29) is 91.5 Å². The molecule has 14 aromatic rings. The summed E-state index contributed by atoms with van der Waals surface area (Å²) in [6, 6.07) is 37.1. The number of H-pyrrole nitrogens is 2. The summed E-state index contributed by atoms with van der Waals surface area (Å²) in [5.74, 6) is -1.44. The minimum atomic E-state index is -4.54. The van der Waals surface area contributed by atoms with Crippen LogP contribution in [0.25, 0.3) is 0 Å². The SMILES string of the molecule is CCc1c(C(F)(F)F)sc(NC(=O)c2ccc[nH]2)c1C#N.CCc1c(C(F)(F)F)sc(NC(=O)c2cccs2)c1C#N.CCc1c(C)oc(NC(=O)c2ccco2)c1C#N.CCc1c(C)oc(OC(=O)c2ccco2)c1C#N.CCc1c(C)sc(NC(=O)c2ccc[nH]2)c1C#N.CCc1c(C)sc(NC(=O)c2cccs2)c1C#N.CCc1c(C)sc(OC(=O)c2cccs2)c1C#N. The van der Waals surface area contributed by atoms with Gasteiger partial charge in [-0.3, -0.25) is 29.3 Å². The van der Waals surface area contributed by atoms with Crippen molar-refractivity contribution in [3.63, 3.8) is 0 Å². The van der Waals surface area contributed by atoms with Crippen LogP contribution in [0, 0.1) is 114 Å². The molecule has 14 aromatic heterocycles. The zero-order valence-corrected chi connectivity index (χ0v) is 78.6. The van der Waals surface area contributed by atoms with Crippen molar-refractivity contribution < 1.29 is 87.0 Å². The van der Waals surface area contributed by atoms with Gasteiger partial charge in [0.2, 0.25) is 16.7 Å². The molecule has 0 atom stereocenters. The van der Waals surface area contributed by atoms with Gasteiger partial charge in [0, 0.05) is 38.2 Å². The molecule has 5 amide bonds. The van der Waals surface area contributed by atoms with Crippen LogP contribution >= 0.6 is 90.7 Å². The van der Waals surface area contributed by atoms with Crippen molar-refractivity contribution >= 4 is 158 Å². The predicted octanol–water partition coefficient (Wildman–Crippen LogP) is 24.6. The number of hydrogen-bond donors (Lipinski definition) is 7. The van der Waals surface area contributed by atoms with Crippen LogP contribution in [0.2, 0.25) is 0 Å². The highest BCUT2D eigenvalue weighted by Crippen LogP contribution is 2.46. The van der Waals surface area contributed by atoms with Gasteiger partial charge in [-0.25, -0.2) is 9.59 Å². The third kappa shape index (κ3) is 25.8. The lowest BCUT2D eigenvalue weighted by molar-refractivity contribution is -0.135. The molecular formula is C91H78F6N14O13S8. The van der Waals surface area contributed by atoms with E-state index in [9.17, 15) is 70.4 Å². The quantitative estimate of drug-likeness (QED) is 0.0259. The lowest BCUT2D eigenvalue weighted by atomic mass is 10.1. The van der Waals surface area contributed by atoms with Gasteiger partial charge in [-0.15, -0.1) is 90.7 Å². The minimum absolute atomic E-state index is 0.0555. The number of nitrogens with one attached hydrogen (secondary N) is 7. The number of amides is 5. The second kappa shape index (κ2) is 48.3. The summed E-state index contributed by atoms with van der Waals surface area (Å²) in [5.41, 5.74) is 7.18. The van der Waals surface area contributed by atoms with Crippen molar-refractivity contribution in [1.82, 2.24) is 9.97 Å². The number of aromatic amines is 2. The number of rotatable bonds is 21. The summed E-state index contributed by atoms with van der Waals surface area (Å²) in [7, 11) is 0. The molecule has 0 aliphatic heterocycles.